The van der Waals surface area contributed by atoms with E-state index < -0.39 is 11.7 Å². The number of rotatable bonds is 2. The number of benzene rings is 2. The molecule has 0 saturated carbocycles. The van der Waals surface area contributed by atoms with Gasteiger partial charge in [-0.2, -0.15) is 18.3 Å². The zero-order chi connectivity index (χ0) is 19.2. The Labute approximate surface area is 153 Å². The Kier molecular flexibility index (Phi) is 3.87. The van der Waals surface area contributed by atoms with Gasteiger partial charge in [0.05, 0.1) is 22.3 Å². The van der Waals surface area contributed by atoms with Crippen LogP contribution < -0.4 is 5.73 Å². The Bertz CT molecular complexity index is 1110. The van der Waals surface area contributed by atoms with E-state index in [1.54, 1.807) is 55.6 Å². The van der Waals surface area contributed by atoms with Gasteiger partial charge in [-0.3, -0.25) is 4.68 Å². The summed E-state index contributed by atoms with van der Waals surface area (Å²) in [5.41, 5.74) is 7.27. The second-order valence-electron chi connectivity index (χ2n) is 6.21. The highest BCUT2D eigenvalue weighted by molar-refractivity contribution is 5.95. The van der Waals surface area contributed by atoms with Crippen molar-refractivity contribution in [2.75, 3.05) is 5.73 Å². The minimum atomic E-state index is -4.55. The van der Waals surface area contributed by atoms with Crippen LogP contribution in [0.4, 0.5) is 18.9 Å². The van der Waals surface area contributed by atoms with E-state index in [2.05, 4.69) is 10.1 Å². The van der Waals surface area contributed by atoms with Gasteiger partial charge < -0.3 is 5.73 Å². The van der Waals surface area contributed by atoms with Crippen LogP contribution in [0.15, 0.2) is 60.7 Å². The Balaban J connectivity index is 2.04. The molecule has 2 heterocycles. The zero-order valence-electron chi connectivity index (χ0n) is 14.3. The van der Waals surface area contributed by atoms with Crippen molar-refractivity contribution in [2.45, 2.75) is 6.18 Å². The lowest BCUT2D eigenvalue weighted by Gasteiger charge is -2.12. The Hall–Kier alpha value is -3.35. The number of alkyl halides is 3. The molecule has 0 saturated heterocycles. The second kappa shape index (κ2) is 6.12. The van der Waals surface area contributed by atoms with Crippen LogP contribution in [0, 0.1) is 0 Å². The average molecular weight is 368 g/mol. The molecule has 0 fully saturated rings. The lowest BCUT2D eigenvalue weighted by atomic mass is 10.0. The third kappa shape index (κ3) is 3.01. The van der Waals surface area contributed by atoms with Gasteiger partial charge in [0.1, 0.15) is 0 Å². The molecular weight excluding hydrogens is 353 g/mol. The molecule has 2 aromatic carbocycles. The molecule has 0 unspecified atom stereocenters. The molecule has 2 N–H and O–H groups in total. The number of nitrogen functional groups attached to an aromatic ring is 1. The second-order valence-corrected chi connectivity index (χ2v) is 6.21. The molecule has 27 heavy (non-hydrogen) atoms. The summed E-state index contributed by atoms with van der Waals surface area (Å²) < 4.78 is 43.1. The monoisotopic (exact) mass is 368 g/mol. The number of anilines is 1. The molecule has 0 bridgehead atoms. The van der Waals surface area contributed by atoms with Crippen molar-refractivity contribution in [3.05, 3.63) is 66.2 Å². The minimum absolute atomic E-state index is 0.00426. The predicted octanol–water partition coefficient (Wildman–Crippen LogP) is 4.90. The van der Waals surface area contributed by atoms with Crippen molar-refractivity contribution in [1.82, 2.24) is 14.8 Å². The highest BCUT2D eigenvalue weighted by Crippen LogP contribution is 2.40. The first-order chi connectivity index (χ1) is 12.8. The van der Waals surface area contributed by atoms with Crippen molar-refractivity contribution < 1.29 is 13.2 Å². The molecule has 0 aliphatic rings. The summed E-state index contributed by atoms with van der Waals surface area (Å²) in [6, 6.07) is 16.5. The first kappa shape index (κ1) is 17.1. The maximum atomic E-state index is 13.9. The van der Waals surface area contributed by atoms with Crippen molar-refractivity contribution in [3.63, 3.8) is 0 Å². The maximum absolute atomic E-state index is 13.9. The van der Waals surface area contributed by atoms with Gasteiger partial charge in [0.15, 0.2) is 5.65 Å². The number of aromatic nitrogens is 3. The molecule has 0 radical (unpaired) electrons. The number of hydrogen-bond donors (Lipinski definition) is 1. The SMILES string of the molecule is Cn1nc2nc(-c3ccc(N)cc3)cc(C(F)(F)F)c2c1-c1ccccc1. The van der Waals surface area contributed by atoms with Gasteiger partial charge in [0.25, 0.3) is 0 Å². The Morgan fingerprint density at radius 1 is 0.926 bits per heavy atom. The molecule has 7 heteroatoms. The van der Waals surface area contributed by atoms with Gasteiger partial charge in [-0.1, -0.05) is 42.5 Å². The van der Waals surface area contributed by atoms with Crippen LogP contribution in [0.3, 0.4) is 0 Å². The third-order valence-corrected chi connectivity index (χ3v) is 4.36. The number of aryl methyl sites for hydroxylation is 1. The number of halogens is 3. The van der Waals surface area contributed by atoms with Crippen molar-refractivity contribution in [3.8, 4) is 22.5 Å². The fraction of sp³-hybridized carbons (Fsp3) is 0.100. The van der Waals surface area contributed by atoms with Gasteiger partial charge in [-0.05, 0) is 18.2 Å². The van der Waals surface area contributed by atoms with E-state index in [0.717, 1.165) is 6.07 Å². The van der Waals surface area contributed by atoms with Gasteiger partial charge in [-0.25, -0.2) is 4.98 Å². The molecule has 4 nitrogen and oxygen atoms in total. The quantitative estimate of drug-likeness (QED) is 0.512. The van der Waals surface area contributed by atoms with Crippen LogP contribution in [0.2, 0.25) is 0 Å². The standard InChI is InChI=1S/C20H15F3N4/c1-27-18(13-5-3-2-4-6-13)17-15(20(21,22)23)11-16(25-19(17)26-27)12-7-9-14(24)10-8-12/h2-11H,24H2,1H3. The summed E-state index contributed by atoms with van der Waals surface area (Å²) in [5.74, 6) is 0. The summed E-state index contributed by atoms with van der Waals surface area (Å²) in [6.07, 6.45) is -4.55. The molecule has 136 valence electrons. The van der Waals surface area contributed by atoms with E-state index in [4.69, 9.17) is 5.73 Å². The van der Waals surface area contributed by atoms with Gasteiger partial charge in [0, 0.05) is 23.9 Å². The van der Waals surface area contributed by atoms with Gasteiger partial charge in [0.2, 0.25) is 0 Å². The topological polar surface area (TPSA) is 56.7 Å². The fourth-order valence-corrected chi connectivity index (χ4v) is 3.14. The summed E-state index contributed by atoms with van der Waals surface area (Å²) in [5, 5.41) is 4.24. The van der Waals surface area contributed by atoms with Gasteiger partial charge >= 0.3 is 6.18 Å². The summed E-state index contributed by atoms with van der Waals surface area (Å²) in [4.78, 5) is 4.38. The Morgan fingerprint density at radius 2 is 1.59 bits per heavy atom. The Morgan fingerprint density at radius 3 is 2.22 bits per heavy atom. The highest BCUT2D eigenvalue weighted by Gasteiger charge is 2.36. The highest BCUT2D eigenvalue weighted by atomic mass is 19.4. The van der Waals surface area contributed by atoms with Crippen LogP contribution in [0.25, 0.3) is 33.5 Å². The summed E-state index contributed by atoms with van der Waals surface area (Å²) >= 11 is 0. The molecule has 0 aliphatic carbocycles. The van der Waals surface area contributed by atoms with Crippen molar-refractivity contribution in [1.29, 1.82) is 0 Å². The number of pyridine rings is 1. The maximum Gasteiger partial charge on any atom is 0.417 e. The third-order valence-electron chi connectivity index (χ3n) is 4.36. The van der Waals surface area contributed by atoms with E-state index in [9.17, 15) is 13.2 Å². The zero-order valence-corrected chi connectivity index (χ0v) is 14.3. The summed E-state index contributed by atoms with van der Waals surface area (Å²) in [7, 11) is 1.62. The van der Waals surface area contributed by atoms with Crippen LogP contribution >= 0.6 is 0 Å². The summed E-state index contributed by atoms with van der Waals surface area (Å²) in [6.45, 7) is 0. The molecule has 0 amide bonds. The van der Waals surface area contributed by atoms with E-state index >= 15 is 0 Å². The molecule has 2 aromatic heterocycles. The number of hydrogen-bond acceptors (Lipinski definition) is 3. The van der Waals surface area contributed by atoms with E-state index in [1.165, 1.54) is 4.68 Å². The molecule has 4 rings (SSSR count). The molecule has 0 aliphatic heterocycles. The van der Waals surface area contributed by atoms with Crippen LogP contribution in [0.1, 0.15) is 5.56 Å². The normalized spacial score (nSPS) is 11.9. The fourth-order valence-electron chi connectivity index (χ4n) is 3.14. The van der Waals surface area contributed by atoms with Crippen LogP contribution in [-0.2, 0) is 13.2 Å². The molecule has 0 atom stereocenters. The number of nitrogens with two attached hydrogens (primary N) is 1. The first-order valence-corrected chi connectivity index (χ1v) is 8.21. The van der Waals surface area contributed by atoms with E-state index in [1.807, 2.05) is 6.07 Å². The molecular formula is C20H15F3N4. The van der Waals surface area contributed by atoms with Gasteiger partial charge in [-0.15, -0.1) is 0 Å². The lowest BCUT2D eigenvalue weighted by Crippen LogP contribution is -2.07. The van der Waals surface area contributed by atoms with Crippen LogP contribution in [0.5, 0.6) is 0 Å². The average Bonchev–Trinajstić information content (AvgIpc) is 2.97. The van der Waals surface area contributed by atoms with Crippen molar-refractivity contribution >= 4 is 16.7 Å². The lowest BCUT2D eigenvalue weighted by molar-refractivity contribution is -0.136. The number of nitrogens with zero attached hydrogens (tertiary/aromatic N) is 3. The van der Waals surface area contributed by atoms with E-state index in [0.29, 0.717) is 22.5 Å². The van der Waals surface area contributed by atoms with E-state index in [-0.39, 0.29) is 16.7 Å². The molecule has 0 spiro atoms. The van der Waals surface area contributed by atoms with Crippen LogP contribution in [-0.4, -0.2) is 14.8 Å². The molecule has 4 aromatic rings. The first-order valence-electron chi connectivity index (χ1n) is 8.21. The minimum Gasteiger partial charge on any atom is -0.399 e. The van der Waals surface area contributed by atoms with Crippen molar-refractivity contribution in [2.24, 2.45) is 7.05 Å². The predicted molar refractivity (Wildman–Crippen MR) is 98.8 cm³/mol. The largest absolute Gasteiger partial charge is 0.417 e. The number of fused-ring (bicyclic) bond motifs is 1. The smallest absolute Gasteiger partial charge is 0.399 e.